The lowest BCUT2D eigenvalue weighted by molar-refractivity contribution is -0.126. The second kappa shape index (κ2) is 9.77. The number of furan rings is 1. The second-order valence-electron chi connectivity index (χ2n) is 7.76. The molecule has 2 amide bonds. The van der Waals surface area contributed by atoms with Crippen molar-refractivity contribution < 1.29 is 14.0 Å². The van der Waals surface area contributed by atoms with Crippen LogP contribution in [0.2, 0.25) is 0 Å². The quantitative estimate of drug-likeness (QED) is 0.527. The SMILES string of the molecule is CCN(CC)Cc1ccc(C(=O)NNC(=O)C2CCN(c3ccc4nncn4n3)CC2)o1. The molecule has 1 aliphatic rings. The number of fused-ring (bicyclic) bond motifs is 1. The molecule has 2 N–H and O–H groups in total. The Morgan fingerprint density at radius 1 is 1.12 bits per heavy atom. The van der Waals surface area contributed by atoms with Gasteiger partial charge in [0.1, 0.15) is 17.9 Å². The fourth-order valence-corrected chi connectivity index (χ4v) is 3.79. The number of nitrogens with zero attached hydrogens (tertiary/aromatic N) is 6. The molecule has 3 aromatic heterocycles. The van der Waals surface area contributed by atoms with Gasteiger partial charge in [0.2, 0.25) is 5.91 Å². The van der Waals surface area contributed by atoms with Gasteiger partial charge < -0.3 is 9.32 Å². The van der Waals surface area contributed by atoms with E-state index in [-0.39, 0.29) is 17.6 Å². The van der Waals surface area contributed by atoms with E-state index in [0.717, 1.165) is 24.7 Å². The van der Waals surface area contributed by atoms with Gasteiger partial charge in [0.05, 0.1) is 6.54 Å². The molecule has 1 saturated heterocycles. The summed E-state index contributed by atoms with van der Waals surface area (Å²) in [5.41, 5.74) is 5.69. The topological polar surface area (TPSA) is 121 Å². The summed E-state index contributed by atoms with van der Waals surface area (Å²) in [6, 6.07) is 7.18. The average Bonchev–Trinajstić information content (AvgIpc) is 3.50. The first-order valence-corrected chi connectivity index (χ1v) is 10.9. The molecular weight excluding hydrogens is 412 g/mol. The summed E-state index contributed by atoms with van der Waals surface area (Å²) in [5, 5.41) is 12.3. The maximum absolute atomic E-state index is 12.5. The molecule has 32 heavy (non-hydrogen) atoms. The van der Waals surface area contributed by atoms with E-state index in [1.54, 1.807) is 23.0 Å². The second-order valence-corrected chi connectivity index (χ2v) is 7.76. The van der Waals surface area contributed by atoms with Crippen molar-refractivity contribution in [3.63, 3.8) is 0 Å². The maximum Gasteiger partial charge on any atom is 0.305 e. The third-order valence-corrected chi connectivity index (χ3v) is 5.80. The van der Waals surface area contributed by atoms with Gasteiger partial charge in [-0.05, 0) is 50.2 Å². The van der Waals surface area contributed by atoms with Gasteiger partial charge in [-0.25, -0.2) is 0 Å². The van der Waals surface area contributed by atoms with Gasteiger partial charge >= 0.3 is 5.91 Å². The number of aromatic nitrogens is 4. The molecule has 4 heterocycles. The largest absolute Gasteiger partial charge is 0.454 e. The minimum absolute atomic E-state index is 0.178. The van der Waals surface area contributed by atoms with Crippen molar-refractivity contribution >= 4 is 23.3 Å². The Morgan fingerprint density at radius 3 is 2.66 bits per heavy atom. The molecule has 170 valence electrons. The van der Waals surface area contributed by atoms with E-state index in [9.17, 15) is 9.59 Å². The lowest BCUT2D eigenvalue weighted by Crippen LogP contribution is -2.47. The number of hydrogen-bond donors (Lipinski definition) is 2. The molecule has 0 aliphatic carbocycles. The summed E-state index contributed by atoms with van der Waals surface area (Å²) in [6.45, 7) is 7.99. The summed E-state index contributed by atoms with van der Waals surface area (Å²) in [4.78, 5) is 29.2. The van der Waals surface area contributed by atoms with Crippen LogP contribution in [0, 0.1) is 5.92 Å². The van der Waals surface area contributed by atoms with E-state index in [4.69, 9.17) is 4.42 Å². The predicted molar refractivity (Wildman–Crippen MR) is 117 cm³/mol. The first kappa shape index (κ1) is 21.8. The smallest absolute Gasteiger partial charge is 0.305 e. The third-order valence-electron chi connectivity index (χ3n) is 5.80. The van der Waals surface area contributed by atoms with Crippen molar-refractivity contribution in [2.75, 3.05) is 31.1 Å². The number of nitrogens with one attached hydrogen (secondary N) is 2. The first-order valence-electron chi connectivity index (χ1n) is 10.9. The molecule has 3 aromatic rings. The van der Waals surface area contributed by atoms with E-state index in [0.29, 0.717) is 38.1 Å². The number of rotatable bonds is 7. The molecule has 1 fully saturated rings. The fraction of sp³-hybridized carbons (Fsp3) is 0.476. The highest BCUT2D eigenvalue weighted by atomic mass is 16.4. The van der Waals surface area contributed by atoms with E-state index in [2.05, 4.69) is 49.8 Å². The van der Waals surface area contributed by atoms with Crippen LogP contribution in [0.25, 0.3) is 5.65 Å². The van der Waals surface area contributed by atoms with Gasteiger partial charge in [0, 0.05) is 19.0 Å². The first-order chi connectivity index (χ1) is 15.6. The zero-order valence-corrected chi connectivity index (χ0v) is 18.3. The van der Waals surface area contributed by atoms with E-state index in [1.165, 1.54) is 0 Å². The maximum atomic E-state index is 12.5. The van der Waals surface area contributed by atoms with Crippen molar-refractivity contribution in [1.29, 1.82) is 0 Å². The zero-order chi connectivity index (χ0) is 22.5. The summed E-state index contributed by atoms with van der Waals surface area (Å²) in [7, 11) is 0. The molecule has 0 spiro atoms. The van der Waals surface area contributed by atoms with Crippen LogP contribution in [0.3, 0.4) is 0 Å². The Bertz CT molecular complexity index is 1070. The van der Waals surface area contributed by atoms with Crippen LogP contribution in [0.4, 0.5) is 5.82 Å². The van der Waals surface area contributed by atoms with Crippen LogP contribution in [-0.4, -0.2) is 62.7 Å². The number of anilines is 1. The van der Waals surface area contributed by atoms with Crippen LogP contribution in [0.1, 0.15) is 43.0 Å². The number of carbonyl (C=O) groups is 2. The number of hydrazine groups is 1. The monoisotopic (exact) mass is 440 g/mol. The van der Waals surface area contributed by atoms with Gasteiger partial charge in [-0.3, -0.25) is 25.3 Å². The minimum atomic E-state index is -0.465. The number of piperidine rings is 1. The Kier molecular flexibility index (Phi) is 6.64. The highest BCUT2D eigenvalue weighted by Crippen LogP contribution is 2.22. The van der Waals surface area contributed by atoms with Gasteiger partial charge in [0.25, 0.3) is 0 Å². The van der Waals surface area contributed by atoms with Gasteiger partial charge in [-0.2, -0.15) is 4.52 Å². The van der Waals surface area contributed by atoms with Gasteiger partial charge in [0.15, 0.2) is 11.4 Å². The van der Waals surface area contributed by atoms with Crippen molar-refractivity contribution in [2.24, 2.45) is 5.92 Å². The fourth-order valence-electron chi connectivity index (χ4n) is 3.79. The number of hydrogen-bond acceptors (Lipinski definition) is 8. The van der Waals surface area contributed by atoms with Crippen LogP contribution >= 0.6 is 0 Å². The van der Waals surface area contributed by atoms with E-state index < -0.39 is 5.91 Å². The molecule has 0 atom stereocenters. The lowest BCUT2D eigenvalue weighted by Gasteiger charge is -2.31. The summed E-state index contributed by atoms with van der Waals surface area (Å²) in [5.74, 6) is 0.875. The van der Waals surface area contributed by atoms with E-state index in [1.807, 2.05) is 12.1 Å². The molecular formula is C21H28N8O3. The van der Waals surface area contributed by atoms with Crippen molar-refractivity contribution in [3.8, 4) is 0 Å². The van der Waals surface area contributed by atoms with Crippen LogP contribution < -0.4 is 15.8 Å². The third kappa shape index (κ3) is 4.88. The zero-order valence-electron chi connectivity index (χ0n) is 18.3. The van der Waals surface area contributed by atoms with E-state index >= 15 is 0 Å². The molecule has 0 unspecified atom stereocenters. The Balaban J connectivity index is 1.24. The predicted octanol–water partition coefficient (Wildman–Crippen LogP) is 1.24. The number of amides is 2. The van der Waals surface area contributed by atoms with Crippen LogP contribution in [-0.2, 0) is 11.3 Å². The molecule has 0 radical (unpaired) electrons. The highest BCUT2D eigenvalue weighted by molar-refractivity contribution is 5.93. The van der Waals surface area contributed by atoms with Crippen molar-refractivity contribution in [2.45, 2.75) is 33.2 Å². The summed E-state index contributed by atoms with van der Waals surface area (Å²) < 4.78 is 7.25. The number of carbonyl (C=O) groups excluding carboxylic acids is 2. The van der Waals surface area contributed by atoms with Crippen molar-refractivity contribution in [3.05, 3.63) is 42.1 Å². The molecule has 4 rings (SSSR count). The van der Waals surface area contributed by atoms with Gasteiger partial charge in [-0.1, -0.05) is 13.8 Å². The minimum Gasteiger partial charge on any atom is -0.454 e. The van der Waals surface area contributed by atoms with Crippen LogP contribution in [0.5, 0.6) is 0 Å². The molecule has 0 saturated carbocycles. The molecule has 11 nitrogen and oxygen atoms in total. The molecule has 1 aliphatic heterocycles. The highest BCUT2D eigenvalue weighted by Gasteiger charge is 2.26. The lowest BCUT2D eigenvalue weighted by atomic mass is 9.96. The molecule has 11 heteroatoms. The Labute approximate surface area is 185 Å². The standard InChI is InChI=1S/C21H28N8O3/c1-3-27(4-2)13-16-5-6-17(32-16)21(31)25-24-20(30)15-9-11-28(12-10-15)19-8-7-18-23-22-14-29(18)26-19/h5-8,14-15H,3-4,9-13H2,1-2H3,(H,24,30)(H,25,31). The van der Waals surface area contributed by atoms with Crippen molar-refractivity contribution in [1.82, 2.24) is 35.6 Å². The van der Waals surface area contributed by atoms with Crippen LogP contribution in [0.15, 0.2) is 35.0 Å². The average molecular weight is 441 g/mol. The molecule has 0 bridgehead atoms. The summed E-state index contributed by atoms with van der Waals surface area (Å²) >= 11 is 0. The Hall–Kier alpha value is -3.47. The van der Waals surface area contributed by atoms with Gasteiger partial charge in [-0.15, -0.1) is 15.3 Å². The normalized spacial score (nSPS) is 14.8. The molecule has 0 aromatic carbocycles. The Morgan fingerprint density at radius 2 is 1.91 bits per heavy atom. The summed E-state index contributed by atoms with van der Waals surface area (Å²) in [6.07, 6.45) is 2.89.